The third-order valence-corrected chi connectivity index (χ3v) is 8.92. The Balaban J connectivity index is 0.00000384. The summed E-state index contributed by atoms with van der Waals surface area (Å²) in [5.41, 5.74) is 3.61. The van der Waals surface area contributed by atoms with E-state index in [0.717, 1.165) is 0 Å². The zero-order valence-electron chi connectivity index (χ0n) is 23.4. The minimum Gasteiger partial charge on any atom is -0.507 e. The quantitative estimate of drug-likeness (QED) is 0.174. The lowest BCUT2D eigenvalue weighted by Gasteiger charge is -2.42. The van der Waals surface area contributed by atoms with Crippen molar-refractivity contribution in [2.45, 2.75) is 62.4 Å². The molecule has 0 spiro atoms. The Morgan fingerprint density at radius 3 is 2.39 bits per heavy atom. The van der Waals surface area contributed by atoms with E-state index in [-0.39, 0.29) is 65.1 Å². The molecule has 3 aromatic rings. The molecule has 6 atom stereocenters. The molecule has 0 unspecified atom stereocenters. The van der Waals surface area contributed by atoms with Crippen molar-refractivity contribution in [1.29, 1.82) is 0 Å². The molecule has 0 bridgehead atoms. The van der Waals surface area contributed by atoms with Crippen molar-refractivity contribution in [3.63, 3.8) is 0 Å². The Labute approximate surface area is 261 Å². The molecule has 7 N–H and O–H groups in total. The predicted molar refractivity (Wildman–Crippen MR) is 160 cm³/mol. The molecule has 1 saturated heterocycles. The van der Waals surface area contributed by atoms with Gasteiger partial charge in [0.25, 0.3) is 0 Å². The van der Waals surface area contributed by atoms with Crippen LogP contribution in [-0.2, 0) is 20.6 Å². The van der Waals surface area contributed by atoms with Gasteiger partial charge in [-0.05, 0) is 24.4 Å². The number of halogens is 1. The normalized spacial score (nSPS) is 27.4. The Morgan fingerprint density at radius 1 is 1.11 bits per heavy atom. The molecule has 234 valence electrons. The molecule has 1 fully saturated rings. The van der Waals surface area contributed by atoms with Gasteiger partial charge in [-0.2, -0.15) is 0 Å². The minimum absolute atomic E-state index is 0. The zero-order valence-corrected chi connectivity index (χ0v) is 25.0. The van der Waals surface area contributed by atoms with Crippen molar-refractivity contribution < 1.29 is 49.0 Å². The van der Waals surface area contributed by atoms with Crippen LogP contribution in [-0.4, -0.2) is 74.8 Å². The largest absolute Gasteiger partial charge is 0.507 e. The van der Waals surface area contributed by atoms with Gasteiger partial charge in [0.1, 0.15) is 23.7 Å². The average molecular weight is 647 g/mol. The summed E-state index contributed by atoms with van der Waals surface area (Å²) < 4.78 is 17.3. The summed E-state index contributed by atoms with van der Waals surface area (Å²) in [6.45, 7) is 1.09. The van der Waals surface area contributed by atoms with Gasteiger partial charge < -0.3 is 40.4 Å². The summed E-state index contributed by atoms with van der Waals surface area (Å²) in [5.74, 6) is -2.47. The van der Waals surface area contributed by atoms with E-state index in [2.05, 4.69) is 5.32 Å². The van der Waals surface area contributed by atoms with E-state index < -0.39 is 72.0 Å². The molecule has 1 amide bonds. The first-order valence-corrected chi connectivity index (χ1v) is 14.6. The zero-order chi connectivity index (χ0) is 30.6. The second-order valence-electron chi connectivity index (χ2n) is 11.1. The number of anilines is 1. The van der Waals surface area contributed by atoms with E-state index in [9.17, 15) is 34.8 Å². The van der Waals surface area contributed by atoms with Crippen molar-refractivity contribution in [3.05, 3.63) is 75.2 Å². The van der Waals surface area contributed by atoms with Gasteiger partial charge in [0.2, 0.25) is 0 Å². The number of benzene rings is 2. The number of aliphatic hydroxyl groups is 2. The molecule has 1 aromatic heterocycles. The molecule has 3 aliphatic rings. The van der Waals surface area contributed by atoms with Crippen LogP contribution < -0.4 is 11.1 Å². The van der Waals surface area contributed by atoms with Crippen molar-refractivity contribution >= 4 is 46.4 Å². The van der Waals surface area contributed by atoms with Gasteiger partial charge in [0, 0.05) is 47.6 Å². The number of fused-ring (bicyclic) bond motifs is 3. The fourth-order valence-corrected chi connectivity index (χ4v) is 6.63. The fraction of sp³-hybridized carbons (Fsp3) is 0.367. The number of nitrogens with one attached hydrogen (secondary N) is 1. The highest BCUT2D eigenvalue weighted by molar-refractivity contribution is 7.14. The SMILES string of the molecule is C[C@@H]1O[C@@H](O[C@H]2C[C@](O)(COC(=O)Nc3cccs3)Cc3c(O)c4c(c(O)c32)C(=O)c2ccccc2C4=O)C[C@H](N)[C@@H]1O.Cl. The first-order chi connectivity index (χ1) is 20.5. The molecule has 44 heavy (non-hydrogen) atoms. The molecule has 0 saturated carbocycles. The number of phenolic OH excluding ortho intramolecular Hbond substituents is 2. The van der Waals surface area contributed by atoms with Gasteiger partial charge in [0.05, 0.1) is 34.4 Å². The van der Waals surface area contributed by atoms with Crippen molar-refractivity contribution in [3.8, 4) is 11.5 Å². The standard InChI is InChI=1S/C30H30N2O10S.ClH/c1-13-24(33)17(31)9-20(41-13)42-18-11-30(39,12-40-29(38)32-19-7-4-8-43-19)10-16-21(18)28(37)23-22(27(16)36)25(34)14-5-2-3-6-15(14)26(23)35;/h2-8,13,17-18,20,24,33,36-37,39H,9-12,31H2,1H3,(H,32,38);1H/t13-,17-,18-,20-,24+,30-;/m0./s1. The number of thiophene rings is 1. The number of ether oxygens (including phenoxy) is 3. The number of amides is 1. The molecular weight excluding hydrogens is 616 g/mol. The lowest BCUT2D eigenvalue weighted by atomic mass is 9.73. The van der Waals surface area contributed by atoms with Crippen LogP contribution in [0.3, 0.4) is 0 Å². The smallest absolute Gasteiger partial charge is 0.412 e. The second-order valence-corrected chi connectivity index (χ2v) is 12.1. The maximum Gasteiger partial charge on any atom is 0.412 e. The van der Waals surface area contributed by atoms with Crippen LogP contribution in [0, 0.1) is 0 Å². The van der Waals surface area contributed by atoms with Crippen LogP contribution in [0.5, 0.6) is 11.5 Å². The number of hydrogen-bond acceptors (Lipinski definition) is 12. The van der Waals surface area contributed by atoms with Gasteiger partial charge >= 0.3 is 6.09 Å². The highest BCUT2D eigenvalue weighted by Gasteiger charge is 2.48. The summed E-state index contributed by atoms with van der Waals surface area (Å²) in [6, 6.07) is 8.81. The maximum atomic E-state index is 13.5. The third-order valence-electron chi connectivity index (χ3n) is 8.14. The van der Waals surface area contributed by atoms with Crippen molar-refractivity contribution in [2.75, 3.05) is 11.9 Å². The van der Waals surface area contributed by atoms with Crippen molar-refractivity contribution in [1.82, 2.24) is 0 Å². The molecule has 2 aromatic carbocycles. The van der Waals surface area contributed by atoms with E-state index in [0.29, 0.717) is 5.00 Å². The molecule has 12 nitrogen and oxygen atoms in total. The Bertz CT molecular complexity index is 1600. The van der Waals surface area contributed by atoms with E-state index in [1.54, 1.807) is 36.6 Å². The summed E-state index contributed by atoms with van der Waals surface area (Å²) >= 11 is 1.28. The number of carbonyl (C=O) groups is 3. The molecule has 14 heteroatoms. The highest BCUT2D eigenvalue weighted by atomic mass is 35.5. The van der Waals surface area contributed by atoms with Crippen LogP contribution in [0.1, 0.15) is 68.8 Å². The van der Waals surface area contributed by atoms with Gasteiger partial charge in [-0.3, -0.25) is 14.9 Å². The second kappa shape index (κ2) is 12.1. The van der Waals surface area contributed by atoms with E-state index in [4.69, 9.17) is 19.9 Å². The average Bonchev–Trinajstić information content (AvgIpc) is 3.48. The summed E-state index contributed by atoms with van der Waals surface area (Å²) in [7, 11) is 0. The van der Waals surface area contributed by atoms with E-state index in [1.807, 2.05) is 0 Å². The first-order valence-electron chi connectivity index (χ1n) is 13.7. The van der Waals surface area contributed by atoms with Crippen molar-refractivity contribution in [2.24, 2.45) is 5.73 Å². The number of nitrogens with two attached hydrogens (primary N) is 1. The number of rotatable bonds is 5. The van der Waals surface area contributed by atoms with Crippen LogP contribution in [0.15, 0.2) is 41.8 Å². The molecule has 2 heterocycles. The molecule has 0 radical (unpaired) electrons. The van der Waals surface area contributed by atoms with Gasteiger partial charge in [-0.25, -0.2) is 4.79 Å². The third kappa shape index (κ3) is 5.56. The highest BCUT2D eigenvalue weighted by Crippen LogP contribution is 2.52. The van der Waals surface area contributed by atoms with E-state index >= 15 is 0 Å². The van der Waals surface area contributed by atoms with Crippen LogP contribution in [0.25, 0.3) is 0 Å². The minimum atomic E-state index is -1.83. The number of phenols is 2. The fourth-order valence-electron chi connectivity index (χ4n) is 6.03. The Hall–Kier alpha value is -3.56. The Kier molecular flexibility index (Phi) is 8.75. The lowest BCUT2D eigenvalue weighted by molar-refractivity contribution is -0.248. The number of aliphatic hydroxyl groups excluding tert-OH is 1. The number of hydrogen-bond donors (Lipinski definition) is 6. The number of carbonyl (C=O) groups excluding carboxylic acids is 3. The summed E-state index contributed by atoms with van der Waals surface area (Å²) in [4.78, 5) is 39.5. The van der Waals surface area contributed by atoms with Gasteiger partial charge in [-0.15, -0.1) is 23.7 Å². The monoisotopic (exact) mass is 646 g/mol. The van der Waals surface area contributed by atoms with Crippen LogP contribution in [0.2, 0.25) is 0 Å². The van der Waals surface area contributed by atoms with Crippen LogP contribution >= 0.6 is 23.7 Å². The Morgan fingerprint density at radius 2 is 1.77 bits per heavy atom. The molecule has 2 aliphatic carbocycles. The molecule has 1 aliphatic heterocycles. The summed E-state index contributed by atoms with van der Waals surface area (Å²) in [5, 5.41) is 49.8. The first kappa shape index (κ1) is 31.9. The number of aromatic hydroxyl groups is 2. The summed E-state index contributed by atoms with van der Waals surface area (Å²) in [6.07, 6.45) is -5.18. The molecule has 6 rings (SSSR count). The topological polar surface area (TPSA) is 198 Å². The van der Waals surface area contributed by atoms with E-state index in [1.165, 1.54) is 23.5 Å². The van der Waals surface area contributed by atoms with Gasteiger partial charge in [0.15, 0.2) is 17.9 Å². The molecular formula is C30H31ClN2O10S. The van der Waals surface area contributed by atoms with Crippen LogP contribution in [0.4, 0.5) is 9.80 Å². The predicted octanol–water partition coefficient (Wildman–Crippen LogP) is 3.16. The van der Waals surface area contributed by atoms with Gasteiger partial charge in [-0.1, -0.05) is 24.3 Å². The maximum absolute atomic E-state index is 13.5. The number of ketones is 2. The lowest BCUT2D eigenvalue weighted by Crippen LogP contribution is -2.52.